The van der Waals surface area contributed by atoms with E-state index >= 15 is 0 Å². The van der Waals surface area contributed by atoms with Crippen molar-refractivity contribution in [1.82, 2.24) is 9.21 Å². The van der Waals surface area contributed by atoms with Crippen molar-refractivity contribution in [2.24, 2.45) is 0 Å². The maximum atomic E-state index is 13.2. The van der Waals surface area contributed by atoms with Gasteiger partial charge in [0.1, 0.15) is 6.04 Å². The van der Waals surface area contributed by atoms with Gasteiger partial charge in [-0.1, -0.05) is 18.9 Å². The largest absolute Gasteiger partial charge is 0.324 e. The molecular formula is C21H29N3O4S2. The average Bonchev–Trinajstić information content (AvgIpc) is 3.04. The number of fused-ring (bicyclic) bond motifs is 1. The fraction of sp³-hybridized carbons (Fsp3) is 0.619. The van der Waals surface area contributed by atoms with Gasteiger partial charge in [0.2, 0.25) is 21.8 Å². The first kappa shape index (κ1) is 21.6. The molecule has 1 aromatic rings. The highest BCUT2D eigenvalue weighted by atomic mass is 32.2. The molecule has 0 unspecified atom stereocenters. The van der Waals surface area contributed by atoms with Gasteiger partial charge < -0.3 is 10.2 Å². The van der Waals surface area contributed by atoms with Gasteiger partial charge in [-0.25, -0.2) is 8.42 Å². The van der Waals surface area contributed by atoms with E-state index in [9.17, 15) is 18.0 Å². The molecule has 0 aromatic heterocycles. The number of nitrogens with zero attached hydrogens (tertiary/aromatic N) is 2. The third-order valence-corrected chi connectivity index (χ3v) is 9.93. The lowest BCUT2D eigenvalue weighted by atomic mass is 10.2. The summed E-state index contributed by atoms with van der Waals surface area (Å²) >= 11 is 1.64. The summed E-state index contributed by atoms with van der Waals surface area (Å²) in [6.07, 6.45) is 5.07. The summed E-state index contributed by atoms with van der Waals surface area (Å²) in [4.78, 5) is 26.9. The first-order valence-corrected chi connectivity index (χ1v) is 13.0. The van der Waals surface area contributed by atoms with E-state index in [1.807, 2.05) is 6.92 Å². The van der Waals surface area contributed by atoms with Crippen molar-refractivity contribution >= 4 is 39.3 Å². The summed E-state index contributed by atoms with van der Waals surface area (Å²) in [7, 11) is -3.61. The van der Waals surface area contributed by atoms with E-state index in [4.69, 9.17) is 0 Å². The molecule has 1 aromatic carbocycles. The molecule has 0 spiro atoms. The van der Waals surface area contributed by atoms with Crippen molar-refractivity contribution in [2.75, 3.05) is 24.2 Å². The van der Waals surface area contributed by atoms with Gasteiger partial charge >= 0.3 is 0 Å². The van der Waals surface area contributed by atoms with Crippen LogP contribution in [0.3, 0.4) is 0 Å². The highest BCUT2D eigenvalue weighted by molar-refractivity contribution is 8.01. The minimum absolute atomic E-state index is 0.0102. The number of thioether (sulfide) groups is 1. The number of aryl methyl sites for hydroxylation is 1. The Labute approximate surface area is 182 Å². The minimum atomic E-state index is -3.61. The predicted octanol–water partition coefficient (Wildman–Crippen LogP) is 2.95. The van der Waals surface area contributed by atoms with Crippen molar-refractivity contribution in [3.63, 3.8) is 0 Å². The Hall–Kier alpha value is -1.58. The highest BCUT2D eigenvalue weighted by Crippen LogP contribution is 2.47. The Morgan fingerprint density at radius 2 is 1.90 bits per heavy atom. The molecule has 3 aliphatic rings. The van der Waals surface area contributed by atoms with E-state index in [0.29, 0.717) is 36.5 Å². The normalized spacial score (nSPS) is 27.7. The van der Waals surface area contributed by atoms with Crippen LogP contribution < -0.4 is 5.32 Å². The van der Waals surface area contributed by atoms with Crippen molar-refractivity contribution in [1.29, 1.82) is 0 Å². The van der Waals surface area contributed by atoms with Crippen LogP contribution in [0, 0.1) is 6.92 Å². The summed E-state index contributed by atoms with van der Waals surface area (Å²) < 4.78 is 28.1. The number of anilines is 1. The number of benzene rings is 1. The van der Waals surface area contributed by atoms with Gasteiger partial charge in [-0.15, -0.1) is 11.8 Å². The molecule has 9 heteroatoms. The topological polar surface area (TPSA) is 86.8 Å². The molecule has 3 fully saturated rings. The van der Waals surface area contributed by atoms with E-state index in [2.05, 4.69) is 5.32 Å². The van der Waals surface area contributed by atoms with Gasteiger partial charge in [-0.05, 0) is 50.8 Å². The van der Waals surface area contributed by atoms with Gasteiger partial charge in [-0.2, -0.15) is 4.31 Å². The Morgan fingerprint density at radius 1 is 1.20 bits per heavy atom. The number of carbonyl (C=O) groups is 2. The zero-order chi connectivity index (χ0) is 21.5. The van der Waals surface area contributed by atoms with Gasteiger partial charge in [-0.3, -0.25) is 9.59 Å². The zero-order valence-electron chi connectivity index (χ0n) is 17.5. The van der Waals surface area contributed by atoms with Gasteiger partial charge in [0.25, 0.3) is 0 Å². The van der Waals surface area contributed by atoms with E-state index in [1.54, 1.807) is 46.1 Å². The fourth-order valence-corrected chi connectivity index (χ4v) is 7.82. The van der Waals surface area contributed by atoms with Crippen LogP contribution >= 0.6 is 11.8 Å². The quantitative estimate of drug-likeness (QED) is 0.761. The maximum absolute atomic E-state index is 13.2. The van der Waals surface area contributed by atoms with E-state index in [-0.39, 0.29) is 21.6 Å². The number of rotatable bonds is 4. The summed E-state index contributed by atoms with van der Waals surface area (Å²) in [5.41, 5.74) is 1.11. The summed E-state index contributed by atoms with van der Waals surface area (Å²) in [5.74, 6) is 0.304. The number of sulfonamides is 1. The minimum Gasteiger partial charge on any atom is -0.324 e. The van der Waals surface area contributed by atoms with Gasteiger partial charge in [0, 0.05) is 31.0 Å². The van der Waals surface area contributed by atoms with Crippen LogP contribution in [-0.4, -0.2) is 59.2 Å². The number of nitrogens with one attached hydrogen (secondary N) is 1. The SMILES string of the molecule is Cc1ccc(NC(=O)[C@H]2CS[C@]3(C)CCC(=O)N23)cc1S(=O)(=O)N1CCCCCC1. The molecule has 0 saturated carbocycles. The van der Waals surface area contributed by atoms with Crippen LogP contribution in [0.15, 0.2) is 23.1 Å². The molecule has 1 N–H and O–H groups in total. The zero-order valence-corrected chi connectivity index (χ0v) is 19.2. The molecule has 4 rings (SSSR count). The first-order valence-electron chi connectivity index (χ1n) is 10.6. The standard InChI is InChI=1S/C21H29N3O4S2/c1-15-7-8-16(13-18(15)30(27,28)23-11-5-3-4-6-12-23)22-20(26)17-14-29-21(2)10-9-19(25)24(17)21/h7-8,13,17H,3-6,9-12,14H2,1-2H3,(H,22,26)/t17-,21-/m1/s1. The number of hydrogen-bond donors (Lipinski definition) is 1. The second-order valence-electron chi connectivity index (χ2n) is 8.55. The summed E-state index contributed by atoms with van der Waals surface area (Å²) in [6, 6.07) is 4.49. The fourth-order valence-electron chi connectivity index (χ4n) is 4.62. The molecule has 0 aliphatic carbocycles. The lowest BCUT2D eigenvalue weighted by Crippen LogP contribution is -2.48. The van der Waals surface area contributed by atoms with Crippen molar-refractivity contribution in [3.8, 4) is 0 Å². The summed E-state index contributed by atoms with van der Waals surface area (Å²) in [5, 5.41) is 2.86. The lowest BCUT2D eigenvalue weighted by Gasteiger charge is -2.30. The van der Waals surface area contributed by atoms with Gasteiger partial charge in [0.15, 0.2) is 0 Å². The lowest BCUT2D eigenvalue weighted by molar-refractivity contribution is -0.135. The molecular weight excluding hydrogens is 422 g/mol. The molecule has 3 aliphatic heterocycles. The molecule has 2 amide bonds. The first-order chi connectivity index (χ1) is 14.2. The van der Waals surface area contributed by atoms with Crippen molar-refractivity contribution < 1.29 is 18.0 Å². The average molecular weight is 452 g/mol. The summed E-state index contributed by atoms with van der Waals surface area (Å²) in [6.45, 7) is 4.85. The Bertz CT molecular complexity index is 957. The molecule has 0 bridgehead atoms. The molecule has 7 nitrogen and oxygen atoms in total. The monoisotopic (exact) mass is 451 g/mol. The molecule has 3 heterocycles. The van der Waals surface area contributed by atoms with E-state index < -0.39 is 16.1 Å². The second-order valence-corrected chi connectivity index (χ2v) is 12.0. The predicted molar refractivity (Wildman–Crippen MR) is 118 cm³/mol. The number of carbonyl (C=O) groups excluding carboxylic acids is 2. The number of amides is 2. The molecule has 3 saturated heterocycles. The van der Waals surface area contributed by atoms with E-state index in [0.717, 1.165) is 32.1 Å². The third kappa shape index (κ3) is 3.87. The second kappa shape index (κ2) is 8.16. The van der Waals surface area contributed by atoms with Crippen LogP contribution in [0.1, 0.15) is 51.0 Å². The molecule has 164 valence electrons. The van der Waals surface area contributed by atoms with Crippen LogP contribution in [-0.2, 0) is 19.6 Å². The van der Waals surface area contributed by atoms with Crippen LogP contribution in [0.4, 0.5) is 5.69 Å². The molecule has 2 atom stereocenters. The third-order valence-electron chi connectivity index (χ3n) is 6.39. The smallest absolute Gasteiger partial charge is 0.248 e. The Kier molecular flexibility index (Phi) is 5.89. The highest BCUT2D eigenvalue weighted by Gasteiger charge is 2.52. The van der Waals surface area contributed by atoms with Crippen molar-refractivity contribution in [3.05, 3.63) is 23.8 Å². The van der Waals surface area contributed by atoms with Crippen LogP contribution in [0.2, 0.25) is 0 Å². The Morgan fingerprint density at radius 3 is 2.60 bits per heavy atom. The van der Waals surface area contributed by atoms with Crippen LogP contribution in [0.5, 0.6) is 0 Å². The van der Waals surface area contributed by atoms with E-state index in [1.165, 1.54) is 0 Å². The van der Waals surface area contributed by atoms with Crippen LogP contribution in [0.25, 0.3) is 0 Å². The van der Waals surface area contributed by atoms with Gasteiger partial charge in [0.05, 0.1) is 9.77 Å². The van der Waals surface area contributed by atoms with Crippen molar-refractivity contribution in [2.45, 2.75) is 68.2 Å². The maximum Gasteiger partial charge on any atom is 0.248 e. The molecule has 0 radical (unpaired) electrons. The molecule has 30 heavy (non-hydrogen) atoms. The number of hydrogen-bond acceptors (Lipinski definition) is 5. The Balaban J connectivity index is 1.55.